The van der Waals surface area contributed by atoms with E-state index < -0.39 is 8.32 Å². The van der Waals surface area contributed by atoms with Crippen molar-refractivity contribution in [2.45, 2.75) is 13.3 Å². The molecule has 0 aliphatic heterocycles. The highest BCUT2D eigenvalue weighted by Gasteiger charge is 2.43. The van der Waals surface area contributed by atoms with Gasteiger partial charge in [-0.25, -0.2) is 0 Å². The molecule has 0 unspecified atom stereocenters. The van der Waals surface area contributed by atoms with Gasteiger partial charge in [0, 0.05) is 6.61 Å². The summed E-state index contributed by atoms with van der Waals surface area (Å²) in [5, 5.41) is 4.09. The monoisotopic (exact) mass is 292 g/mol. The van der Waals surface area contributed by atoms with Gasteiger partial charge in [0.25, 0.3) is 8.32 Å². The lowest BCUT2D eigenvalue weighted by Crippen LogP contribution is -2.62. The Hall–Kier alpha value is -1.90. The molecule has 2 aromatic rings. The maximum atomic E-state index is 6.52. The molecule has 0 heterocycles. The van der Waals surface area contributed by atoms with E-state index in [4.69, 9.17) is 4.43 Å². The standard InChI is InChI=1S/C19H20OSi/c1-2-20-21(19-15-9-10-16-19,17-11-5-3-6-12-17)18-13-7-4-8-14-18/h3-15H,2,16H2,1H3. The lowest BCUT2D eigenvalue weighted by atomic mass is 10.4. The second-order valence-electron chi connectivity index (χ2n) is 5.17. The summed E-state index contributed by atoms with van der Waals surface area (Å²) in [5.41, 5.74) is 0. The normalized spacial score (nSPS) is 14.2. The highest BCUT2D eigenvalue weighted by molar-refractivity contribution is 7.02. The van der Waals surface area contributed by atoms with Gasteiger partial charge in [-0.3, -0.25) is 0 Å². The fourth-order valence-electron chi connectivity index (χ4n) is 3.07. The van der Waals surface area contributed by atoms with E-state index in [1.165, 1.54) is 15.6 Å². The minimum atomic E-state index is -2.32. The molecule has 2 heteroatoms. The molecule has 0 saturated carbocycles. The van der Waals surface area contributed by atoms with Crippen LogP contribution in [0, 0.1) is 0 Å². The van der Waals surface area contributed by atoms with Gasteiger partial charge >= 0.3 is 0 Å². The van der Waals surface area contributed by atoms with Crippen molar-refractivity contribution in [2.75, 3.05) is 6.61 Å². The largest absolute Gasteiger partial charge is 0.405 e. The summed E-state index contributed by atoms with van der Waals surface area (Å²) in [4.78, 5) is 0. The van der Waals surface area contributed by atoms with Crippen molar-refractivity contribution in [1.82, 2.24) is 0 Å². The molecule has 21 heavy (non-hydrogen) atoms. The molecule has 0 amide bonds. The van der Waals surface area contributed by atoms with Crippen molar-refractivity contribution < 1.29 is 4.43 Å². The van der Waals surface area contributed by atoms with Gasteiger partial charge in [-0.2, -0.15) is 0 Å². The molecule has 3 rings (SSSR count). The van der Waals surface area contributed by atoms with Crippen LogP contribution in [0.2, 0.25) is 0 Å². The molecule has 0 aromatic heterocycles. The average Bonchev–Trinajstić information content (AvgIpc) is 3.09. The Balaban J connectivity index is 2.21. The molecule has 1 aliphatic rings. The summed E-state index contributed by atoms with van der Waals surface area (Å²) in [6, 6.07) is 21.5. The zero-order valence-electron chi connectivity index (χ0n) is 12.3. The third-order valence-electron chi connectivity index (χ3n) is 3.94. The second kappa shape index (κ2) is 6.25. The molecule has 0 radical (unpaired) electrons. The van der Waals surface area contributed by atoms with Crippen molar-refractivity contribution in [3.8, 4) is 0 Å². The molecule has 1 nitrogen and oxygen atoms in total. The van der Waals surface area contributed by atoms with Crippen molar-refractivity contribution in [3.05, 3.63) is 84.1 Å². The molecule has 2 aromatic carbocycles. The van der Waals surface area contributed by atoms with E-state index in [9.17, 15) is 0 Å². The van der Waals surface area contributed by atoms with Crippen LogP contribution in [0.3, 0.4) is 0 Å². The Kier molecular flexibility index (Phi) is 4.18. The fraction of sp³-hybridized carbons (Fsp3) is 0.158. The third kappa shape index (κ3) is 2.52. The Morgan fingerprint density at radius 1 is 0.905 bits per heavy atom. The molecular formula is C19H20OSi. The van der Waals surface area contributed by atoms with Crippen LogP contribution in [0.1, 0.15) is 13.3 Å². The van der Waals surface area contributed by atoms with Gasteiger partial charge in [-0.05, 0) is 28.9 Å². The van der Waals surface area contributed by atoms with Crippen LogP contribution in [0.5, 0.6) is 0 Å². The molecule has 0 saturated heterocycles. The zero-order valence-corrected chi connectivity index (χ0v) is 13.3. The van der Waals surface area contributed by atoms with E-state index in [1.54, 1.807) is 0 Å². The van der Waals surface area contributed by atoms with Gasteiger partial charge in [0.15, 0.2) is 0 Å². The zero-order chi connectivity index (χ0) is 14.5. The SMILES string of the molecule is CCO[Si](C1=CC=CC1)(c1ccccc1)c1ccccc1. The van der Waals surface area contributed by atoms with Crippen LogP contribution in [-0.4, -0.2) is 14.9 Å². The van der Waals surface area contributed by atoms with E-state index >= 15 is 0 Å². The first-order valence-corrected chi connectivity index (χ1v) is 9.40. The van der Waals surface area contributed by atoms with Crippen LogP contribution in [0.15, 0.2) is 84.1 Å². The average molecular weight is 292 g/mol. The van der Waals surface area contributed by atoms with E-state index in [0.29, 0.717) is 0 Å². The Morgan fingerprint density at radius 2 is 1.48 bits per heavy atom. The van der Waals surface area contributed by atoms with E-state index in [0.717, 1.165) is 13.0 Å². The third-order valence-corrected chi connectivity index (χ3v) is 8.23. The highest BCUT2D eigenvalue weighted by Crippen LogP contribution is 2.24. The summed E-state index contributed by atoms with van der Waals surface area (Å²) >= 11 is 0. The first-order chi connectivity index (χ1) is 10.4. The smallest absolute Gasteiger partial charge is 0.284 e. The summed E-state index contributed by atoms with van der Waals surface area (Å²) < 4.78 is 6.52. The van der Waals surface area contributed by atoms with Gasteiger partial charge in [0.1, 0.15) is 0 Å². The van der Waals surface area contributed by atoms with Crippen LogP contribution in [0.25, 0.3) is 0 Å². The fourth-order valence-corrected chi connectivity index (χ4v) is 7.15. The number of hydrogen-bond acceptors (Lipinski definition) is 1. The Labute approximate surface area is 127 Å². The van der Waals surface area contributed by atoms with Crippen molar-refractivity contribution in [2.24, 2.45) is 0 Å². The molecule has 106 valence electrons. The number of allylic oxidation sites excluding steroid dienone is 4. The first kappa shape index (κ1) is 14.1. The lowest BCUT2D eigenvalue weighted by Gasteiger charge is -2.33. The summed E-state index contributed by atoms with van der Waals surface area (Å²) in [6.45, 7) is 2.82. The van der Waals surface area contributed by atoms with Gasteiger partial charge in [-0.1, -0.05) is 78.9 Å². The summed E-state index contributed by atoms with van der Waals surface area (Å²) in [7, 11) is -2.32. The van der Waals surface area contributed by atoms with Gasteiger partial charge in [0.2, 0.25) is 0 Å². The van der Waals surface area contributed by atoms with Crippen molar-refractivity contribution in [3.63, 3.8) is 0 Å². The summed E-state index contributed by atoms with van der Waals surface area (Å²) in [6.07, 6.45) is 7.63. The highest BCUT2D eigenvalue weighted by atomic mass is 28.4. The van der Waals surface area contributed by atoms with E-state index in [1.807, 2.05) is 0 Å². The Bertz CT molecular complexity index is 604. The number of benzene rings is 2. The van der Waals surface area contributed by atoms with Gasteiger partial charge < -0.3 is 4.43 Å². The van der Waals surface area contributed by atoms with Crippen LogP contribution < -0.4 is 10.4 Å². The molecule has 0 fully saturated rings. The van der Waals surface area contributed by atoms with Crippen LogP contribution in [0.4, 0.5) is 0 Å². The van der Waals surface area contributed by atoms with Crippen molar-refractivity contribution >= 4 is 18.7 Å². The molecule has 0 spiro atoms. The van der Waals surface area contributed by atoms with Crippen molar-refractivity contribution in [1.29, 1.82) is 0 Å². The van der Waals surface area contributed by atoms with Crippen LogP contribution >= 0.6 is 0 Å². The Morgan fingerprint density at radius 3 is 1.90 bits per heavy atom. The molecule has 0 N–H and O–H groups in total. The lowest BCUT2D eigenvalue weighted by molar-refractivity contribution is 0.344. The molecule has 0 bridgehead atoms. The quantitative estimate of drug-likeness (QED) is 0.769. The first-order valence-electron chi connectivity index (χ1n) is 7.49. The summed E-state index contributed by atoms with van der Waals surface area (Å²) in [5.74, 6) is 0. The predicted octanol–water partition coefficient (Wildman–Crippen LogP) is 3.21. The van der Waals surface area contributed by atoms with E-state index in [2.05, 4.69) is 85.8 Å². The molecule has 1 aliphatic carbocycles. The minimum absolute atomic E-state index is 0.730. The topological polar surface area (TPSA) is 9.23 Å². The van der Waals surface area contributed by atoms with Gasteiger partial charge in [0.05, 0.1) is 0 Å². The van der Waals surface area contributed by atoms with Gasteiger partial charge in [-0.15, -0.1) is 0 Å². The van der Waals surface area contributed by atoms with Crippen LogP contribution in [-0.2, 0) is 4.43 Å². The predicted molar refractivity (Wildman–Crippen MR) is 91.4 cm³/mol. The maximum absolute atomic E-state index is 6.52. The number of hydrogen-bond donors (Lipinski definition) is 0. The maximum Gasteiger partial charge on any atom is 0.284 e. The van der Waals surface area contributed by atoms with E-state index in [-0.39, 0.29) is 0 Å². The minimum Gasteiger partial charge on any atom is -0.405 e. The molecular weight excluding hydrogens is 272 g/mol. The molecule has 0 atom stereocenters. The number of rotatable bonds is 5. The second-order valence-corrected chi connectivity index (χ2v) is 8.62.